The summed E-state index contributed by atoms with van der Waals surface area (Å²) in [5.74, 6) is 0.860. The fourth-order valence-corrected chi connectivity index (χ4v) is 1.87. The van der Waals surface area contributed by atoms with Gasteiger partial charge in [-0.3, -0.25) is 0 Å². The summed E-state index contributed by atoms with van der Waals surface area (Å²) in [4.78, 5) is 33.9. The van der Waals surface area contributed by atoms with E-state index in [-0.39, 0.29) is 30.4 Å². The minimum atomic E-state index is -0.449. The summed E-state index contributed by atoms with van der Waals surface area (Å²) >= 11 is 0. The van der Waals surface area contributed by atoms with E-state index in [1.807, 2.05) is 13.8 Å². The lowest BCUT2D eigenvalue weighted by atomic mass is 10.3. The number of nitrogen functional groups attached to an aromatic ring is 4. The fourth-order valence-electron chi connectivity index (χ4n) is 1.87. The molecule has 13 heteroatoms. The van der Waals surface area contributed by atoms with E-state index in [0.717, 1.165) is 5.57 Å². The molecule has 0 saturated carbocycles. The highest BCUT2D eigenvalue weighted by Gasteiger charge is 2.06. The van der Waals surface area contributed by atoms with E-state index in [2.05, 4.69) is 36.5 Å². The van der Waals surface area contributed by atoms with Crippen molar-refractivity contribution >= 4 is 29.8 Å². The number of nitrogens with zero attached hydrogens (tertiary/aromatic N) is 6. The molecule has 8 N–H and O–H groups in total. The van der Waals surface area contributed by atoms with Crippen LogP contribution in [0.5, 0.6) is 0 Å². The second-order valence-electron chi connectivity index (χ2n) is 6.42. The molecule has 2 aromatic heterocycles. The molecule has 13 nitrogen and oxygen atoms in total. The fraction of sp³-hybridized carbons (Fsp3) is 0.389. The van der Waals surface area contributed by atoms with Crippen molar-refractivity contribution in [1.82, 2.24) is 29.9 Å². The van der Waals surface area contributed by atoms with Crippen molar-refractivity contribution in [1.29, 1.82) is 0 Å². The molecule has 0 aromatic carbocycles. The van der Waals surface area contributed by atoms with Crippen LogP contribution in [0.1, 0.15) is 32.4 Å². The summed E-state index contributed by atoms with van der Waals surface area (Å²) in [7, 11) is 0. The Bertz CT molecular complexity index is 888. The minimum Gasteiger partial charge on any atom is -0.501 e. The number of ether oxygens (including phenoxy) is 2. The van der Waals surface area contributed by atoms with Crippen LogP contribution in [-0.4, -0.2) is 49.1 Å². The number of carbonyl (C=O) groups excluding carboxylic acids is 1. The molecule has 0 atom stereocenters. The molecule has 0 radical (unpaired) electrons. The largest absolute Gasteiger partial charge is 0.501 e. The number of nitrogens with two attached hydrogens (primary N) is 4. The first kappa shape index (κ1) is 25.0. The zero-order valence-electron chi connectivity index (χ0n) is 17.8. The molecule has 0 aliphatic heterocycles. The zero-order valence-corrected chi connectivity index (χ0v) is 17.8. The van der Waals surface area contributed by atoms with Crippen molar-refractivity contribution in [3.8, 4) is 0 Å². The Morgan fingerprint density at radius 1 is 0.806 bits per heavy atom. The normalized spacial score (nSPS) is 9.77. The lowest BCUT2D eigenvalue weighted by molar-refractivity contribution is -0.138. The van der Waals surface area contributed by atoms with Gasteiger partial charge in [-0.2, -0.15) is 29.9 Å². The molecular weight excluding hydrogens is 404 g/mol. The maximum Gasteiger partial charge on any atom is 0.333 e. The van der Waals surface area contributed by atoms with E-state index in [0.29, 0.717) is 36.7 Å². The van der Waals surface area contributed by atoms with Crippen LogP contribution in [-0.2, 0) is 27.1 Å². The van der Waals surface area contributed by atoms with Gasteiger partial charge in [0.25, 0.3) is 0 Å². The molecule has 2 rings (SSSR count). The molecular formula is C18H28N10O3. The van der Waals surface area contributed by atoms with Gasteiger partial charge in [-0.15, -0.1) is 0 Å². The predicted octanol–water partition coefficient (Wildman–Crippen LogP) is 0.217. The molecule has 0 fully saturated rings. The molecule has 0 aliphatic carbocycles. The second kappa shape index (κ2) is 12.5. The number of allylic oxidation sites excluding steroid dienone is 1. The third-order valence-electron chi connectivity index (χ3n) is 3.10. The molecule has 2 heterocycles. The highest BCUT2D eigenvalue weighted by molar-refractivity contribution is 5.86. The summed E-state index contributed by atoms with van der Waals surface area (Å²) in [5.41, 5.74) is 23.0. The number of hydrogen-bond donors (Lipinski definition) is 4. The van der Waals surface area contributed by atoms with Gasteiger partial charge in [0.2, 0.25) is 23.8 Å². The first-order valence-corrected chi connectivity index (χ1v) is 9.16. The van der Waals surface area contributed by atoms with E-state index in [4.69, 9.17) is 32.4 Å². The van der Waals surface area contributed by atoms with Crippen LogP contribution in [0.3, 0.4) is 0 Å². The van der Waals surface area contributed by atoms with Gasteiger partial charge in [0, 0.05) is 18.4 Å². The third-order valence-corrected chi connectivity index (χ3v) is 3.10. The number of esters is 1. The minimum absolute atomic E-state index is 0.0497. The second-order valence-corrected chi connectivity index (χ2v) is 6.42. The van der Waals surface area contributed by atoms with E-state index in [1.165, 1.54) is 0 Å². The predicted molar refractivity (Wildman–Crippen MR) is 116 cm³/mol. The molecule has 31 heavy (non-hydrogen) atoms. The maximum atomic E-state index is 11.0. The standard InChI is InChI=1S/C9H13N5O2.C9H15N5O/c1-5(2)7(15)16-4-3-6-12-8(10)14-9(11)13-6;1-6(2)5-15-4-3-7-12-8(10)14-9(11)13-7/h1,3-4H2,2H3,(H4,10,11,12,13,14);5H,3-4H2,1-2H3,(H4,10,11,12,13,14). The Morgan fingerprint density at radius 2 is 1.23 bits per heavy atom. The van der Waals surface area contributed by atoms with Crippen molar-refractivity contribution in [2.75, 3.05) is 36.1 Å². The molecule has 2 aromatic rings. The Morgan fingerprint density at radius 3 is 1.61 bits per heavy atom. The highest BCUT2D eigenvalue weighted by Crippen LogP contribution is 2.01. The summed E-state index contributed by atoms with van der Waals surface area (Å²) in [6, 6.07) is 0. The first-order valence-electron chi connectivity index (χ1n) is 9.16. The Balaban J connectivity index is 0.000000311. The van der Waals surface area contributed by atoms with Gasteiger partial charge in [-0.05, 0) is 26.3 Å². The van der Waals surface area contributed by atoms with Gasteiger partial charge in [0.1, 0.15) is 11.6 Å². The van der Waals surface area contributed by atoms with Gasteiger partial charge in [-0.25, -0.2) is 4.79 Å². The van der Waals surface area contributed by atoms with E-state index < -0.39 is 5.97 Å². The van der Waals surface area contributed by atoms with Crippen molar-refractivity contribution in [3.63, 3.8) is 0 Å². The van der Waals surface area contributed by atoms with Gasteiger partial charge < -0.3 is 32.4 Å². The molecule has 0 aliphatic rings. The van der Waals surface area contributed by atoms with Crippen LogP contribution < -0.4 is 22.9 Å². The van der Waals surface area contributed by atoms with Crippen LogP contribution in [0.2, 0.25) is 0 Å². The van der Waals surface area contributed by atoms with Crippen molar-refractivity contribution < 1.29 is 14.3 Å². The van der Waals surface area contributed by atoms with Crippen LogP contribution >= 0.6 is 0 Å². The summed E-state index contributed by atoms with van der Waals surface area (Å²) in [6.45, 7) is 9.58. The number of anilines is 4. The Kier molecular flexibility index (Phi) is 10.1. The lowest BCUT2D eigenvalue weighted by Gasteiger charge is -2.04. The Labute approximate surface area is 180 Å². The topological polar surface area (TPSA) is 217 Å². The summed E-state index contributed by atoms with van der Waals surface area (Å²) < 4.78 is 10.1. The summed E-state index contributed by atoms with van der Waals surface area (Å²) in [5, 5.41) is 0. The third kappa shape index (κ3) is 10.9. The first-order chi connectivity index (χ1) is 14.6. The maximum absolute atomic E-state index is 11.0. The van der Waals surface area contributed by atoms with Crippen LogP contribution in [0.4, 0.5) is 23.8 Å². The number of aromatic nitrogens is 6. The number of rotatable bonds is 8. The molecule has 0 bridgehead atoms. The SMILES string of the molecule is C=C(C)C(=O)OCCc1nc(N)nc(N)n1.CC(C)=COCCc1nc(N)nc(N)n1. The Hall–Kier alpha value is -4.03. The summed E-state index contributed by atoms with van der Waals surface area (Å²) in [6.07, 6.45) is 2.57. The molecule has 0 amide bonds. The average Bonchev–Trinajstić information content (AvgIpc) is 2.64. The average molecular weight is 432 g/mol. The van der Waals surface area contributed by atoms with Crippen LogP contribution in [0.25, 0.3) is 0 Å². The number of hydrogen-bond acceptors (Lipinski definition) is 13. The van der Waals surface area contributed by atoms with E-state index in [1.54, 1.807) is 13.2 Å². The quantitative estimate of drug-likeness (QED) is 0.190. The molecule has 0 spiro atoms. The van der Waals surface area contributed by atoms with E-state index >= 15 is 0 Å². The zero-order chi connectivity index (χ0) is 23.4. The van der Waals surface area contributed by atoms with Crippen LogP contribution in [0, 0.1) is 0 Å². The van der Waals surface area contributed by atoms with Crippen molar-refractivity contribution in [2.24, 2.45) is 0 Å². The van der Waals surface area contributed by atoms with Gasteiger partial charge in [0.15, 0.2) is 0 Å². The van der Waals surface area contributed by atoms with Gasteiger partial charge in [-0.1, -0.05) is 6.58 Å². The van der Waals surface area contributed by atoms with Crippen molar-refractivity contribution in [3.05, 3.63) is 35.6 Å². The van der Waals surface area contributed by atoms with Gasteiger partial charge >= 0.3 is 5.97 Å². The highest BCUT2D eigenvalue weighted by atomic mass is 16.5. The van der Waals surface area contributed by atoms with Crippen molar-refractivity contribution in [2.45, 2.75) is 33.6 Å². The monoisotopic (exact) mass is 432 g/mol. The molecule has 168 valence electrons. The number of carbonyl (C=O) groups is 1. The van der Waals surface area contributed by atoms with Gasteiger partial charge in [0.05, 0.1) is 19.5 Å². The van der Waals surface area contributed by atoms with Crippen LogP contribution in [0.15, 0.2) is 24.0 Å². The smallest absolute Gasteiger partial charge is 0.333 e. The van der Waals surface area contributed by atoms with E-state index in [9.17, 15) is 4.79 Å². The molecule has 0 saturated heterocycles. The lowest BCUT2D eigenvalue weighted by Crippen LogP contribution is -2.12. The molecule has 0 unspecified atom stereocenters.